The molecule has 27 heavy (non-hydrogen) atoms. The molecule has 0 aliphatic heterocycles. The molecule has 5 nitrogen and oxygen atoms in total. The predicted molar refractivity (Wildman–Crippen MR) is 112 cm³/mol. The molecule has 0 unspecified atom stereocenters. The molecule has 0 saturated carbocycles. The molecule has 0 fully saturated rings. The number of aromatic nitrogens is 1. The van der Waals surface area contributed by atoms with Gasteiger partial charge in [-0.3, -0.25) is 9.78 Å². The van der Waals surface area contributed by atoms with Gasteiger partial charge in [0, 0.05) is 20.7 Å². The van der Waals surface area contributed by atoms with Crippen molar-refractivity contribution in [2.24, 2.45) is 5.10 Å². The molecule has 0 saturated heterocycles. The molecule has 1 amide bonds. The minimum absolute atomic E-state index is 0.317. The summed E-state index contributed by atoms with van der Waals surface area (Å²) in [6.45, 7) is 0.460. The van der Waals surface area contributed by atoms with Crippen LogP contribution < -0.4 is 10.2 Å². The van der Waals surface area contributed by atoms with Crippen molar-refractivity contribution in [1.82, 2.24) is 10.4 Å². The molecule has 0 atom stereocenters. The zero-order chi connectivity index (χ0) is 19.1. The van der Waals surface area contributed by atoms with E-state index in [2.05, 4.69) is 47.4 Å². The Labute approximate surface area is 173 Å². The number of benzene rings is 2. The second-order valence-corrected chi connectivity index (χ2v) is 7.28. The number of amides is 1. The van der Waals surface area contributed by atoms with Gasteiger partial charge in [-0.1, -0.05) is 44.0 Å². The van der Waals surface area contributed by atoms with E-state index in [0.717, 1.165) is 25.8 Å². The van der Waals surface area contributed by atoms with Gasteiger partial charge in [-0.2, -0.15) is 5.10 Å². The van der Waals surface area contributed by atoms with E-state index in [-0.39, 0.29) is 5.91 Å². The number of pyridine rings is 1. The first-order valence-electron chi connectivity index (χ1n) is 8.03. The van der Waals surface area contributed by atoms with Crippen LogP contribution in [0.5, 0.6) is 5.75 Å². The van der Waals surface area contributed by atoms with Crippen LogP contribution in [-0.4, -0.2) is 17.1 Å². The van der Waals surface area contributed by atoms with E-state index in [9.17, 15) is 4.79 Å². The van der Waals surface area contributed by atoms with E-state index in [1.54, 1.807) is 30.6 Å². The molecule has 0 bridgehead atoms. The third kappa shape index (κ3) is 5.74. The lowest BCUT2D eigenvalue weighted by Gasteiger charge is -2.08. The van der Waals surface area contributed by atoms with Gasteiger partial charge in [0.1, 0.15) is 18.1 Å². The minimum atomic E-state index is -0.355. The minimum Gasteiger partial charge on any atom is -0.489 e. The average Bonchev–Trinajstić information content (AvgIpc) is 2.69. The van der Waals surface area contributed by atoms with Gasteiger partial charge >= 0.3 is 0 Å². The van der Waals surface area contributed by atoms with Crippen LogP contribution in [0.25, 0.3) is 0 Å². The number of rotatable bonds is 6. The van der Waals surface area contributed by atoms with Crippen LogP contribution in [0.2, 0.25) is 0 Å². The summed E-state index contributed by atoms with van der Waals surface area (Å²) in [4.78, 5) is 15.8. The van der Waals surface area contributed by atoms with Gasteiger partial charge in [-0.15, -0.1) is 0 Å². The zero-order valence-electron chi connectivity index (χ0n) is 14.1. The van der Waals surface area contributed by atoms with Crippen LogP contribution in [0.4, 0.5) is 0 Å². The van der Waals surface area contributed by atoms with Crippen molar-refractivity contribution < 1.29 is 9.53 Å². The van der Waals surface area contributed by atoms with Gasteiger partial charge in [0.2, 0.25) is 0 Å². The third-order valence-electron chi connectivity index (χ3n) is 3.57. The molecule has 3 rings (SSSR count). The molecule has 7 heteroatoms. The largest absolute Gasteiger partial charge is 0.489 e. The van der Waals surface area contributed by atoms with E-state index in [4.69, 9.17) is 4.74 Å². The lowest BCUT2D eigenvalue weighted by atomic mass is 10.2. The van der Waals surface area contributed by atoms with Gasteiger partial charge < -0.3 is 4.74 Å². The molecule has 0 aliphatic rings. The summed E-state index contributed by atoms with van der Waals surface area (Å²) in [6.07, 6.45) is 3.13. The van der Waals surface area contributed by atoms with Crippen LogP contribution in [-0.2, 0) is 6.61 Å². The maximum Gasteiger partial charge on any atom is 0.289 e. The molecule has 2 aromatic carbocycles. The number of carbonyl (C=O) groups is 1. The summed E-state index contributed by atoms with van der Waals surface area (Å²) in [7, 11) is 0. The van der Waals surface area contributed by atoms with Crippen LogP contribution in [0.1, 0.15) is 21.6 Å². The third-order valence-corrected chi connectivity index (χ3v) is 4.80. The number of nitrogens with one attached hydrogen (secondary N) is 1. The number of carbonyl (C=O) groups excluding carboxylic acids is 1. The van der Waals surface area contributed by atoms with Crippen molar-refractivity contribution in [2.45, 2.75) is 6.61 Å². The topological polar surface area (TPSA) is 63.6 Å². The average molecular weight is 489 g/mol. The number of hydrazone groups is 1. The van der Waals surface area contributed by atoms with Gasteiger partial charge in [-0.05, 0) is 54.1 Å². The molecule has 3 aromatic rings. The lowest BCUT2D eigenvalue weighted by molar-refractivity contribution is 0.0950. The highest BCUT2D eigenvalue weighted by Gasteiger charge is 2.04. The van der Waals surface area contributed by atoms with Gasteiger partial charge in [0.15, 0.2) is 0 Å². The Hall–Kier alpha value is -2.51. The maximum absolute atomic E-state index is 11.8. The Kier molecular flexibility index (Phi) is 6.73. The summed E-state index contributed by atoms with van der Waals surface area (Å²) in [5, 5.41) is 3.94. The van der Waals surface area contributed by atoms with Crippen molar-refractivity contribution >= 4 is 44.0 Å². The number of hydrogen-bond donors (Lipinski definition) is 1. The SMILES string of the molecule is O=C(N/N=C\c1ccc(OCc2ccc(Br)cc2Br)cc1)c1ccccn1. The quantitative estimate of drug-likeness (QED) is 0.394. The van der Waals surface area contributed by atoms with Crippen LogP contribution in [0.3, 0.4) is 0 Å². The Balaban J connectivity index is 1.53. The Morgan fingerprint density at radius 2 is 1.93 bits per heavy atom. The monoisotopic (exact) mass is 487 g/mol. The standard InChI is InChI=1S/C20H15Br2N3O2/c21-16-7-6-15(18(22)11-16)13-27-17-8-4-14(5-9-17)12-24-25-20(26)19-3-1-2-10-23-19/h1-12H,13H2,(H,25,26)/b24-12-. The first-order chi connectivity index (χ1) is 13.1. The van der Waals surface area contributed by atoms with E-state index >= 15 is 0 Å². The summed E-state index contributed by atoms with van der Waals surface area (Å²) >= 11 is 6.95. The molecule has 0 radical (unpaired) electrons. The van der Waals surface area contributed by atoms with Gasteiger partial charge in [0.25, 0.3) is 5.91 Å². The first-order valence-corrected chi connectivity index (χ1v) is 9.61. The van der Waals surface area contributed by atoms with E-state index in [1.165, 1.54) is 0 Å². The first kappa shape index (κ1) is 19.3. The molecule has 1 N–H and O–H groups in total. The fraction of sp³-hybridized carbons (Fsp3) is 0.0500. The molecule has 1 heterocycles. The van der Waals surface area contributed by atoms with Crippen molar-refractivity contribution in [3.63, 3.8) is 0 Å². The molecule has 136 valence electrons. The second kappa shape index (κ2) is 9.43. The normalized spacial score (nSPS) is 10.7. The zero-order valence-corrected chi connectivity index (χ0v) is 17.3. The molecule has 1 aromatic heterocycles. The summed E-state index contributed by atoms with van der Waals surface area (Å²) in [5.74, 6) is 0.395. The van der Waals surface area contributed by atoms with Crippen LogP contribution in [0.15, 0.2) is 80.9 Å². The molecular weight excluding hydrogens is 474 g/mol. The van der Waals surface area contributed by atoms with Gasteiger partial charge in [0.05, 0.1) is 6.21 Å². The number of ether oxygens (including phenoxy) is 1. The van der Waals surface area contributed by atoms with Crippen LogP contribution >= 0.6 is 31.9 Å². The number of hydrogen-bond acceptors (Lipinski definition) is 4. The summed E-state index contributed by atoms with van der Waals surface area (Å²) in [5.41, 5.74) is 4.66. The maximum atomic E-state index is 11.8. The van der Waals surface area contributed by atoms with E-state index < -0.39 is 0 Å². The van der Waals surface area contributed by atoms with Crippen molar-refractivity contribution in [3.8, 4) is 5.75 Å². The van der Waals surface area contributed by atoms with Crippen molar-refractivity contribution in [1.29, 1.82) is 0 Å². The smallest absolute Gasteiger partial charge is 0.289 e. The number of halogens is 2. The molecule has 0 aliphatic carbocycles. The lowest BCUT2D eigenvalue weighted by Crippen LogP contribution is -2.18. The summed E-state index contributed by atoms with van der Waals surface area (Å²) in [6, 6.07) is 18.5. The number of nitrogens with zero attached hydrogens (tertiary/aromatic N) is 2. The van der Waals surface area contributed by atoms with Gasteiger partial charge in [-0.25, -0.2) is 5.43 Å². The summed E-state index contributed by atoms with van der Waals surface area (Å²) < 4.78 is 7.80. The van der Waals surface area contributed by atoms with E-state index in [1.807, 2.05) is 42.5 Å². The Morgan fingerprint density at radius 1 is 1.11 bits per heavy atom. The van der Waals surface area contributed by atoms with Crippen LogP contribution in [0, 0.1) is 0 Å². The van der Waals surface area contributed by atoms with E-state index in [0.29, 0.717) is 12.3 Å². The highest BCUT2D eigenvalue weighted by atomic mass is 79.9. The fourth-order valence-corrected chi connectivity index (χ4v) is 3.33. The molecular formula is C20H15Br2N3O2. The highest BCUT2D eigenvalue weighted by Crippen LogP contribution is 2.23. The second-order valence-electron chi connectivity index (χ2n) is 5.51. The predicted octanol–water partition coefficient (Wildman–Crippen LogP) is 4.95. The Bertz CT molecular complexity index is 945. The van der Waals surface area contributed by atoms with Crippen molar-refractivity contribution in [3.05, 3.63) is 92.6 Å². The van der Waals surface area contributed by atoms with Crippen molar-refractivity contribution in [2.75, 3.05) is 0 Å². The highest BCUT2D eigenvalue weighted by molar-refractivity contribution is 9.11. The fourth-order valence-electron chi connectivity index (χ4n) is 2.17. The molecule has 0 spiro atoms. The Morgan fingerprint density at radius 3 is 2.63 bits per heavy atom.